The van der Waals surface area contributed by atoms with Crippen molar-refractivity contribution in [3.63, 3.8) is 0 Å². The van der Waals surface area contributed by atoms with E-state index in [1.807, 2.05) is 30.3 Å². The molecule has 0 heterocycles. The zero-order valence-corrected chi connectivity index (χ0v) is 6.81. The molecule has 0 aliphatic heterocycles. The van der Waals surface area contributed by atoms with Gasteiger partial charge in [0, 0.05) is 0 Å². The predicted octanol–water partition coefficient (Wildman–Crippen LogP) is 1.71. The molecule has 0 amide bonds. The lowest BCUT2D eigenvalue weighted by Gasteiger charge is -2.06. The molecule has 0 aliphatic carbocycles. The zero-order valence-electron chi connectivity index (χ0n) is 6.81. The summed E-state index contributed by atoms with van der Waals surface area (Å²) in [7, 11) is 0. The lowest BCUT2D eigenvalue weighted by Crippen LogP contribution is -2.07. The van der Waals surface area contributed by atoms with Crippen LogP contribution in [-0.4, -0.2) is 11.4 Å². The Balaban J connectivity index is 2.38. The average Bonchev–Trinajstić information content (AvgIpc) is 2.16. The minimum atomic E-state index is -0.870. The summed E-state index contributed by atoms with van der Waals surface area (Å²) in [6.45, 7) is 3.81. The van der Waals surface area contributed by atoms with Gasteiger partial charge in [0.05, 0.1) is 6.61 Å². The Hall–Kier alpha value is -1.12. The molecule has 2 heteroatoms. The van der Waals surface area contributed by atoms with E-state index in [0.29, 0.717) is 6.61 Å². The van der Waals surface area contributed by atoms with Crippen LogP contribution in [0.2, 0.25) is 0 Å². The van der Waals surface area contributed by atoms with Crippen LogP contribution in [0.4, 0.5) is 0 Å². The van der Waals surface area contributed by atoms with Crippen molar-refractivity contribution in [2.24, 2.45) is 0 Å². The van der Waals surface area contributed by atoms with Crippen LogP contribution in [0.15, 0.2) is 43.0 Å². The van der Waals surface area contributed by atoms with Gasteiger partial charge in [-0.25, -0.2) is 0 Å². The van der Waals surface area contributed by atoms with Crippen molar-refractivity contribution in [3.05, 3.63) is 48.6 Å². The van der Waals surface area contributed by atoms with Crippen molar-refractivity contribution in [1.82, 2.24) is 0 Å². The fourth-order valence-electron chi connectivity index (χ4n) is 0.824. The molecule has 12 heavy (non-hydrogen) atoms. The SMILES string of the molecule is C=CC(O)OCc1ccccc1. The second-order valence-corrected chi connectivity index (χ2v) is 2.42. The highest BCUT2D eigenvalue weighted by molar-refractivity contribution is 5.13. The zero-order chi connectivity index (χ0) is 8.81. The highest BCUT2D eigenvalue weighted by Gasteiger charge is 1.96. The van der Waals surface area contributed by atoms with E-state index in [1.54, 1.807) is 0 Å². The van der Waals surface area contributed by atoms with Crippen LogP contribution in [0.3, 0.4) is 0 Å². The van der Waals surface area contributed by atoms with Gasteiger partial charge in [-0.05, 0) is 11.6 Å². The molecule has 64 valence electrons. The number of aliphatic hydroxyl groups excluding tert-OH is 1. The number of rotatable bonds is 4. The Morgan fingerprint density at radius 2 is 2.08 bits per heavy atom. The van der Waals surface area contributed by atoms with Crippen LogP contribution in [0.5, 0.6) is 0 Å². The summed E-state index contributed by atoms with van der Waals surface area (Å²) in [5.74, 6) is 0. The van der Waals surface area contributed by atoms with Gasteiger partial charge in [0.1, 0.15) is 0 Å². The van der Waals surface area contributed by atoms with Gasteiger partial charge in [-0.2, -0.15) is 0 Å². The second kappa shape index (κ2) is 4.70. The maximum Gasteiger partial charge on any atom is 0.174 e. The van der Waals surface area contributed by atoms with E-state index in [2.05, 4.69) is 6.58 Å². The first-order valence-corrected chi connectivity index (χ1v) is 3.79. The van der Waals surface area contributed by atoms with E-state index >= 15 is 0 Å². The Kier molecular flexibility index (Phi) is 3.51. The Bertz CT molecular complexity index is 231. The summed E-state index contributed by atoms with van der Waals surface area (Å²) in [5.41, 5.74) is 1.04. The molecule has 0 radical (unpaired) electrons. The van der Waals surface area contributed by atoms with Crippen LogP contribution >= 0.6 is 0 Å². The van der Waals surface area contributed by atoms with Gasteiger partial charge in [-0.15, -0.1) is 0 Å². The molecule has 0 fully saturated rings. The number of benzene rings is 1. The summed E-state index contributed by atoms with van der Waals surface area (Å²) in [6.07, 6.45) is 0.480. The summed E-state index contributed by atoms with van der Waals surface area (Å²) < 4.78 is 5.01. The quantitative estimate of drug-likeness (QED) is 0.542. The molecule has 2 nitrogen and oxygen atoms in total. The molecule has 0 bridgehead atoms. The van der Waals surface area contributed by atoms with Crippen LogP contribution in [-0.2, 0) is 11.3 Å². The molecule has 0 aliphatic rings. The lowest BCUT2D eigenvalue weighted by atomic mass is 10.2. The predicted molar refractivity (Wildman–Crippen MR) is 47.4 cm³/mol. The van der Waals surface area contributed by atoms with Gasteiger partial charge in [-0.1, -0.05) is 36.9 Å². The molecule has 0 spiro atoms. The van der Waals surface area contributed by atoms with Crippen molar-refractivity contribution >= 4 is 0 Å². The molecule has 1 N–H and O–H groups in total. The van der Waals surface area contributed by atoms with Crippen LogP contribution in [0.1, 0.15) is 5.56 Å². The van der Waals surface area contributed by atoms with E-state index < -0.39 is 6.29 Å². The highest BCUT2D eigenvalue weighted by Crippen LogP contribution is 2.02. The van der Waals surface area contributed by atoms with Gasteiger partial charge in [0.25, 0.3) is 0 Å². The lowest BCUT2D eigenvalue weighted by molar-refractivity contribution is -0.0730. The Morgan fingerprint density at radius 3 is 2.67 bits per heavy atom. The third-order valence-corrected chi connectivity index (χ3v) is 1.47. The van der Waals surface area contributed by atoms with E-state index in [1.165, 1.54) is 6.08 Å². The minimum absolute atomic E-state index is 0.411. The van der Waals surface area contributed by atoms with Crippen LogP contribution in [0.25, 0.3) is 0 Å². The first-order chi connectivity index (χ1) is 5.83. The Labute approximate surface area is 72.1 Å². The van der Waals surface area contributed by atoms with E-state index in [0.717, 1.165) is 5.56 Å². The maximum atomic E-state index is 8.98. The number of ether oxygens (including phenoxy) is 1. The molecule has 0 saturated carbocycles. The van der Waals surface area contributed by atoms with Gasteiger partial charge < -0.3 is 9.84 Å². The summed E-state index contributed by atoms with van der Waals surface area (Å²) in [5, 5.41) is 8.98. The molecule has 1 aromatic rings. The molecular formula is C10H12O2. The van der Waals surface area contributed by atoms with Crippen molar-refractivity contribution < 1.29 is 9.84 Å². The average molecular weight is 164 g/mol. The largest absolute Gasteiger partial charge is 0.365 e. The van der Waals surface area contributed by atoms with Crippen molar-refractivity contribution in [2.45, 2.75) is 12.9 Å². The van der Waals surface area contributed by atoms with Gasteiger partial charge in [-0.3, -0.25) is 0 Å². The van der Waals surface area contributed by atoms with Gasteiger partial charge >= 0.3 is 0 Å². The van der Waals surface area contributed by atoms with E-state index in [-0.39, 0.29) is 0 Å². The maximum absolute atomic E-state index is 8.98. The third kappa shape index (κ3) is 2.86. The highest BCUT2D eigenvalue weighted by atomic mass is 16.6. The number of hydrogen-bond acceptors (Lipinski definition) is 2. The molecule has 1 aromatic carbocycles. The standard InChI is InChI=1S/C10H12O2/c1-2-10(11)12-8-9-6-4-3-5-7-9/h2-7,10-11H,1,8H2. The van der Waals surface area contributed by atoms with Crippen molar-refractivity contribution in [3.8, 4) is 0 Å². The molecule has 1 rings (SSSR count). The van der Waals surface area contributed by atoms with Crippen molar-refractivity contribution in [1.29, 1.82) is 0 Å². The molecule has 0 saturated heterocycles. The van der Waals surface area contributed by atoms with Crippen LogP contribution < -0.4 is 0 Å². The fourth-order valence-corrected chi connectivity index (χ4v) is 0.824. The number of aliphatic hydroxyl groups is 1. The molecule has 0 aromatic heterocycles. The molecule has 1 unspecified atom stereocenters. The van der Waals surface area contributed by atoms with Crippen molar-refractivity contribution in [2.75, 3.05) is 0 Å². The first-order valence-electron chi connectivity index (χ1n) is 3.79. The summed E-state index contributed by atoms with van der Waals surface area (Å²) in [6, 6.07) is 9.68. The molecular weight excluding hydrogens is 152 g/mol. The smallest absolute Gasteiger partial charge is 0.174 e. The first kappa shape index (κ1) is 8.97. The van der Waals surface area contributed by atoms with Gasteiger partial charge in [0.15, 0.2) is 6.29 Å². The monoisotopic (exact) mass is 164 g/mol. The summed E-state index contributed by atoms with van der Waals surface area (Å²) >= 11 is 0. The van der Waals surface area contributed by atoms with Crippen LogP contribution in [0, 0.1) is 0 Å². The minimum Gasteiger partial charge on any atom is -0.365 e. The number of hydrogen-bond donors (Lipinski definition) is 1. The normalized spacial score (nSPS) is 12.4. The second-order valence-electron chi connectivity index (χ2n) is 2.42. The topological polar surface area (TPSA) is 29.5 Å². The van der Waals surface area contributed by atoms with E-state index in [4.69, 9.17) is 9.84 Å². The summed E-state index contributed by atoms with van der Waals surface area (Å²) in [4.78, 5) is 0. The fraction of sp³-hybridized carbons (Fsp3) is 0.200. The van der Waals surface area contributed by atoms with Gasteiger partial charge in [0.2, 0.25) is 0 Å². The Morgan fingerprint density at radius 1 is 1.42 bits per heavy atom. The third-order valence-electron chi connectivity index (χ3n) is 1.47. The van der Waals surface area contributed by atoms with E-state index in [9.17, 15) is 0 Å². The molecule has 1 atom stereocenters.